The molecule has 2 unspecified atom stereocenters. The Kier molecular flexibility index (Phi) is 4.91. The normalized spacial score (nSPS) is 28.4. The number of fused-ring (bicyclic) bond motifs is 1. The molecule has 31 heavy (non-hydrogen) atoms. The third-order valence-electron chi connectivity index (χ3n) is 7.18. The smallest absolute Gasteiger partial charge is 0.262 e. The van der Waals surface area contributed by atoms with Crippen molar-refractivity contribution >= 4 is 23.6 Å². The molecule has 2 atom stereocenters. The van der Waals surface area contributed by atoms with E-state index in [4.69, 9.17) is 10.5 Å². The Hall–Kier alpha value is -2.62. The van der Waals surface area contributed by atoms with Crippen LogP contribution in [0.1, 0.15) is 52.0 Å². The van der Waals surface area contributed by atoms with E-state index < -0.39 is 23.8 Å². The molecular weight excluding hydrogens is 400 g/mol. The molecule has 3 N–H and O–H groups in total. The highest BCUT2D eigenvalue weighted by Crippen LogP contribution is 2.39. The van der Waals surface area contributed by atoms with E-state index in [-0.39, 0.29) is 30.2 Å². The molecule has 9 nitrogen and oxygen atoms in total. The van der Waals surface area contributed by atoms with Gasteiger partial charge in [-0.05, 0) is 37.0 Å². The van der Waals surface area contributed by atoms with Gasteiger partial charge in [0.25, 0.3) is 11.8 Å². The van der Waals surface area contributed by atoms with Gasteiger partial charge in [-0.3, -0.25) is 34.3 Å². The highest BCUT2D eigenvalue weighted by molar-refractivity contribution is 6.23. The molecule has 0 saturated carbocycles. The molecule has 0 bridgehead atoms. The van der Waals surface area contributed by atoms with Gasteiger partial charge in [-0.15, -0.1) is 0 Å². The summed E-state index contributed by atoms with van der Waals surface area (Å²) in [5.74, 6) is -1.94. The van der Waals surface area contributed by atoms with Gasteiger partial charge in [0.2, 0.25) is 11.8 Å². The lowest BCUT2D eigenvalue weighted by atomic mass is 9.76. The van der Waals surface area contributed by atoms with Crippen molar-refractivity contribution in [1.29, 1.82) is 0 Å². The van der Waals surface area contributed by atoms with Gasteiger partial charge < -0.3 is 10.5 Å². The third kappa shape index (κ3) is 3.37. The predicted octanol–water partition coefficient (Wildman–Crippen LogP) is 0.0275. The summed E-state index contributed by atoms with van der Waals surface area (Å²) in [5.41, 5.74) is 8.12. The Labute approximate surface area is 179 Å². The first kappa shape index (κ1) is 20.3. The number of rotatable bonds is 3. The van der Waals surface area contributed by atoms with Crippen LogP contribution in [0.4, 0.5) is 0 Å². The summed E-state index contributed by atoms with van der Waals surface area (Å²) in [6, 6.07) is 4.42. The van der Waals surface area contributed by atoms with E-state index in [1.54, 1.807) is 12.1 Å². The van der Waals surface area contributed by atoms with E-state index in [0.717, 1.165) is 49.6 Å². The number of hydrogen-bond donors (Lipinski definition) is 2. The van der Waals surface area contributed by atoms with Crippen LogP contribution in [0.25, 0.3) is 0 Å². The van der Waals surface area contributed by atoms with E-state index in [1.807, 2.05) is 6.07 Å². The minimum atomic E-state index is -0.946. The van der Waals surface area contributed by atoms with Crippen molar-refractivity contribution in [3.05, 3.63) is 34.9 Å². The minimum Gasteiger partial charge on any atom is -0.381 e. The molecule has 0 radical (unpaired) electrons. The largest absolute Gasteiger partial charge is 0.381 e. The molecule has 3 fully saturated rings. The summed E-state index contributed by atoms with van der Waals surface area (Å²) in [6.07, 6.45) is 2.18. The second-order valence-corrected chi connectivity index (χ2v) is 9.08. The van der Waals surface area contributed by atoms with Gasteiger partial charge >= 0.3 is 0 Å². The first-order valence-corrected chi connectivity index (χ1v) is 10.8. The van der Waals surface area contributed by atoms with Crippen molar-refractivity contribution < 1.29 is 23.9 Å². The number of carbonyl (C=O) groups is 4. The fourth-order valence-electron chi connectivity index (χ4n) is 5.40. The predicted molar refractivity (Wildman–Crippen MR) is 109 cm³/mol. The monoisotopic (exact) mass is 426 g/mol. The molecule has 4 aliphatic heterocycles. The Bertz CT molecular complexity index is 971. The summed E-state index contributed by atoms with van der Waals surface area (Å²) in [7, 11) is 0. The SMILES string of the molecule is NC1CN(Cc2ccc3c(c2)C(=O)N(C2CCC(=O)NC2=O)C3=O)CC12CCOCC2. The molecule has 4 heterocycles. The number of nitrogens with two attached hydrogens (primary N) is 1. The number of carbonyl (C=O) groups excluding carboxylic acids is 4. The van der Waals surface area contributed by atoms with Crippen LogP contribution in [0, 0.1) is 5.41 Å². The maximum atomic E-state index is 13.0. The number of hydrogen-bond acceptors (Lipinski definition) is 7. The first-order chi connectivity index (χ1) is 14.9. The zero-order chi connectivity index (χ0) is 21.8. The van der Waals surface area contributed by atoms with Crippen molar-refractivity contribution in [2.45, 2.75) is 44.3 Å². The summed E-state index contributed by atoms with van der Waals surface area (Å²) >= 11 is 0. The van der Waals surface area contributed by atoms with Crippen LogP contribution >= 0.6 is 0 Å². The van der Waals surface area contributed by atoms with Crippen molar-refractivity contribution in [3.63, 3.8) is 0 Å². The average Bonchev–Trinajstić information content (AvgIpc) is 3.16. The Morgan fingerprint density at radius 3 is 2.58 bits per heavy atom. The van der Waals surface area contributed by atoms with Crippen LogP contribution in [-0.2, 0) is 20.9 Å². The van der Waals surface area contributed by atoms with Crippen molar-refractivity contribution in [1.82, 2.24) is 15.1 Å². The topological polar surface area (TPSA) is 122 Å². The van der Waals surface area contributed by atoms with E-state index in [0.29, 0.717) is 17.7 Å². The highest BCUT2D eigenvalue weighted by Gasteiger charge is 2.46. The maximum Gasteiger partial charge on any atom is 0.262 e. The molecule has 5 rings (SSSR count). The highest BCUT2D eigenvalue weighted by atomic mass is 16.5. The molecular formula is C22H26N4O5. The zero-order valence-electron chi connectivity index (χ0n) is 17.3. The number of imide groups is 2. The zero-order valence-corrected chi connectivity index (χ0v) is 17.3. The summed E-state index contributed by atoms with van der Waals surface area (Å²) in [6.45, 7) is 3.81. The fourth-order valence-corrected chi connectivity index (χ4v) is 5.40. The minimum absolute atomic E-state index is 0.0866. The van der Waals surface area contributed by atoms with E-state index in [9.17, 15) is 19.2 Å². The lowest BCUT2D eigenvalue weighted by Crippen LogP contribution is -2.54. The molecule has 1 aromatic carbocycles. The number of nitrogens with zero attached hydrogens (tertiary/aromatic N) is 2. The summed E-state index contributed by atoms with van der Waals surface area (Å²) in [4.78, 5) is 52.8. The Morgan fingerprint density at radius 1 is 1.10 bits per heavy atom. The first-order valence-electron chi connectivity index (χ1n) is 10.8. The summed E-state index contributed by atoms with van der Waals surface area (Å²) in [5, 5.41) is 2.21. The Balaban J connectivity index is 1.33. The average molecular weight is 426 g/mol. The lowest BCUT2D eigenvalue weighted by Gasteiger charge is -2.36. The summed E-state index contributed by atoms with van der Waals surface area (Å²) < 4.78 is 5.51. The van der Waals surface area contributed by atoms with Gasteiger partial charge in [0.1, 0.15) is 6.04 Å². The Morgan fingerprint density at radius 2 is 1.84 bits per heavy atom. The van der Waals surface area contributed by atoms with Crippen molar-refractivity contribution in [3.8, 4) is 0 Å². The van der Waals surface area contributed by atoms with Crippen LogP contribution < -0.4 is 11.1 Å². The number of likely N-dealkylation sites (tertiary alicyclic amines) is 1. The van der Waals surface area contributed by atoms with E-state index in [1.165, 1.54) is 0 Å². The molecule has 4 amide bonds. The molecule has 0 aromatic heterocycles. The number of benzene rings is 1. The number of nitrogens with one attached hydrogen (secondary N) is 1. The third-order valence-corrected chi connectivity index (χ3v) is 7.18. The van der Waals surface area contributed by atoms with Gasteiger partial charge in [0.15, 0.2) is 0 Å². The molecule has 0 aliphatic carbocycles. The van der Waals surface area contributed by atoms with Gasteiger partial charge in [0.05, 0.1) is 11.1 Å². The maximum absolute atomic E-state index is 13.0. The van der Waals surface area contributed by atoms with Gasteiger partial charge in [-0.2, -0.15) is 0 Å². The van der Waals surface area contributed by atoms with Crippen LogP contribution in [-0.4, -0.2) is 71.8 Å². The van der Waals surface area contributed by atoms with Crippen LogP contribution in [0.3, 0.4) is 0 Å². The quantitative estimate of drug-likeness (QED) is 0.654. The van der Waals surface area contributed by atoms with E-state index >= 15 is 0 Å². The number of amides is 4. The van der Waals surface area contributed by atoms with Crippen molar-refractivity contribution in [2.24, 2.45) is 11.1 Å². The lowest BCUT2D eigenvalue weighted by molar-refractivity contribution is -0.136. The number of ether oxygens (including phenoxy) is 1. The molecule has 1 spiro atoms. The molecule has 3 saturated heterocycles. The van der Waals surface area contributed by atoms with Crippen LogP contribution in [0.15, 0.2) is 18.2 Å². The second-order valence-electron chi connectivity index (χ2n) is 9.08. The van der Waals surface area contributed by atoms with Crippen LogP contribution in [0.2, 0.25) is 0 Å². The molecule has 1 aromatic rings. The van der Waals surface area contributed by atoms with Crippen LogP contribution in [0.5, 0.6) is 0 Å². The molecule has 4 aliphatic rings. The molecule has 9 heteroatoms. The fraction of sp³-hybridized carbons (Fsp3) is 0.545. The van der Waals surface area contributed by atoms with Crippen molar-refractivity contribution in [2.75, 3.05) is 26.3 Å². The van der Waals surface area contributed by atoms with Gasteiger partial charge in [0, 0.05) is 50.7 Å². The van der Waals surface area contributed by atoms with Gasteiger partial charge in [-0.1, -0.05) is 6.07 Å². The molecule has 164 valence electrons. The standard InChI is InChI=1S/C22H26N4O5/c23-17-11-25(12-22(17)5-7-31-8-6-22)10-13-1-2-14-15(9-13)21(30)26(20(14)29)16-3-4-18(27)24-19(16)28/h1-2,9,16-17H,3-8,10-12,23H2,(H,24,27,28). The second kappa shape index (κ2) is 7.51. The number of piperidine rings is 1. The van der Waals surface area contributed by atoms with Gasteiger partial charge in [-0.25, -0.2) is 0 Å². The van der Waals surface area contributed by atoms with E-state index in [2.05, 4.69) is 10.2 Å².